The third-order valence-electron chi connectivity index (χ3n) is 3.96. The number of rotatable bonds is 5. The van der Waals surface area contributed by atoms with Crippen LogP contribution in [-0.4, -0.2) is 11.1 Å². The predicted molar refractivity (Wildman–Crippen MR) is 86.7 cm³/mol. The zero-order valence-corrected chi connectivity index (χ0v) is 13.7. The van der Waals surface area contributed by atoms with Gasteiger partial charge in [0.05, 0.1) is 0 Å². The van der Waals surface area contributed by atoms with E-state index in [-0.39, 0.29) is 0 Å². The highest BCUT2D eigenvalue weighted by Gasteiger charge is 2.30. The summed E-state index contributed by atoms with van der Waals surface area (Å²) in [5.74, 6) is 2.47. The van der Waals surface area contributed by atoms with Crippen LogP contribution in [0.4, 0.5) is 0 Å². The van der Waals surface area contributed by atoms with Crippen molar-refractivity contribution in [3.05, 3.63) is 35.4 Å². The second kappa shape index (κ2) is 7.00. The van der Waals surface area contributed by atoms with E-state index in [0.29, 0.717) is 5.41 Å². The molecule has 0 amide bonds. The van der Waals surface area contributed by atoms with Gasteiger partial charge in [0.15, 0.2) is 0 Å². The van der Waals surface area contributed by atoms with E-state index in [1.54, 1.807) is 0 Å². The Balaban J connectivity index is 1.83. The highest BCUT2D eigenvalue weighted by Crippen LogP contribution is 2.40. The van der Waals surface area contributed by atoms with Crippen LogP contribution in [0.3, 0.4) is 0 Å². The van der Waals surface area contributed by atoms with Crippen molar-refractivity contribution in [2.24, 2.45) is 5.41 Å². The summed E-state index contributed by atoms with van der Waals surface area (Å²) < 4.78 is 0. The van der Waals surface area contributed by atoms with E-state index in [1.165, 1.54) is 54.3 Å². The number of benzene rings is 1. The van der Waals surface area contributed by atoms with Gasteiger partial charge in [0.25, 0.3) is 0 Å². The van der Waals surface area contributed by atoms with E-state index in [9.17, 15) is 0 Å². The summed E-state index contributed by atoms with van der Waals surface area (Å²) in [7, 11) is 0. The summed E-state index contributed by atoms with van der Waals surface area (Å²) in [5, 5.41) is 1.18. The van der Waals surface area contributed by atoms with Gasteiger partial charge < -0.3 is 0 Å². The normalized spacial score (nSPS) is 18.8. The maximum absolute atomic E-state index is 3.75. The molecule has 0 heterocycles. The minimum Gasteiger partial charge on any atom is -0.157 e. The van der Waals surface area contributed by atoms with E-state index in [0.717, 1.165) is 5.75 Å². The molecule has 1 aliphatic rings. The lowest BCUT2D eigenvalue weighted by Gasteiger charge is -2.35. The summed E-state index contributed by atoms with van der Waals surface area (Å²) in [6.45, 7) is 2.18. The zero-order valence-electron chi connectivity index (χ0n) is 11.3. The highest BCUT2D eigenvalue weighted by molar-refractivity contribution is 9.09. The van der Waals surface area contributed by atoms with Gasteiger partial charge >= 0.3 is 0 Å². The molecule has 0 nitrogen and oxygen atoms in total. The number of halogens is 1. The van der Waals surface area contributed by atoms with Crippen molar-refractivity contribution in [1.29, 1.82) is 0 Å². The maximum atomic E-state index is 3.75. The Morgan fingerprint density at radius 1 is 1.22 bits per heavy atom. The molecule has 0 spiro atoms. The summed E-state index contributed by atoms with van der Waals surface area (Å²) in [4.78, 5) is 0. The molecule has 0 aromatic heterocycles. The van der Waals surface area contributed by atoms with Crippen LogP contribution < -0.4 is 0 Å². The monoisotopic (exact) mass is 326 g/mol. The Bertz CT molecular complexity index is 369. The molecule has 0 atom stereocenters. The van der Waals surface area contributed by atoms with Crippen LogP contribution in [0.5, 0.6) is 0 Å². The van der Waals surface area contributed by atoms with E-state index < -0.39 is 0 Å². The van der Waals surface area contributed by atoms with Crippen molar-refractivity contribution >= 4 is 27.7 Å². The third kappa shape index (κ3) is 4.03. The lowest BCUT2D eigenvalue weighted by Crippen LogP contribution is -2.28. The largest absolute Gasteiger partial charge is 0.157 e. The lowest BCUT2D eigenvalue weighted by molar-refractivity contribution is 0.260. The third-order valence-corrected chi connectivity index (χ3v) is 6.50. The average molecular weight is 327 g/mol. The van der Waals surface area contributed by atoms with Crippen molar-refractivity contribution in [2.45, 2.75) is 44.8 Å². The number of thioether (sulfide) groups is 1. The number of aryl methyl sites for hydroxylation is 1. The molecule has 1 aromatic carbocycles. The Kier molecular flexibility index (Phi) is 5.62. The van der Waals surface area contributed by atoms with Gasteiger partial charge in [-0.3, -0.25) is 0 Å². The van der Waals surface area contributed by atoms with Crippen molar-refractivity contribution in [3.63, 3.8) is 0 Å². The first-order chi connectivity index (χ1) is 8.74. The van der Waals surface area contributed by atoms with Gasteiger partial charge in [0.1, 0.15) is 0 Å². The van der Waals surface area contributed by atoms with Crippen LogP contribution in [-0.2, 0) is 5.75 Å². The van der Waals surface area contributed by atoms with Crippen LogP contribution >= 0.6 is 27.7 Å². The van der Waals surface area contributed by atoms with Crippen LogP contribution in [0.25, 0.3) is 0 Å². The molecule has 0 aliphatic heterocycles. The van der Waals surface area contributed by atoms with Crippen molar-refractivity contribution < 1.29 is 0 Å². The highest BCUT2D eigenvalue weighted by atomic mass is 79.9. The second-order valence-electron chi connectivity index (χ2n) is 5.68. The molecule has 1 aromatic rings. The zero-order chi connectivity index (χ0) is 12.8. The molecule has 0 radical (unpaired) electrons. The van der Waals surface area contributed by atoms with Crippen LogP contribution in [0.1, 0.15) is 43.2 Å². The molecule has 2 rings (SSSR count). The molecule has 0 unspecified atom stereocenters. The van der Waals surface area contributed by atoms with Crippen molar-refractivity contribution in [1.82, 2.24) is 0 Å². The summed E-state index contributed by atoms with van der Waals surface area (Å²) >= 11 is 5.87. The first kappa shape index (κ1) is 14.5. The van der Waals surface area contributed by atoms with Gasteiger partial charge in [0.2, 0.25) is 0 Å². The smallest absolute Gasteiger partial charge is 0.0184 e. The van der Waals surface area contributed by atoms with Crippen LogP contribution in [0, 0.1) is 12.3 Å². The fourth-order valence-electron chi connectivity index (χ4n) is 2.81. The number of hydrogen-bond acceptors (Lipinski definition) is 1. The molecule has 1 saturated carbocycles. The van der Waals surface area contributed by atoms with E-state index >= 15 is 0 Å². The van der Waals surface area contributed by atoms with Gasteiger partial charge in [-0.2, -0.15) is 11.8 Å². The van der Waals surface area contributed by atoms with Gasteiger partial charge in [-0.1, -0.05) is 65.0 Å². The van der Waals surface area contributed by atoms with Gasteiger partial charge in [-0.15, -0.1) is 0 Å². The minimum atomic E-state index is 0.576. The Labute approximate surface area is 124 Å². The predicted octanol–water partition coefficient (Wildman–Crippen LogP) is 5.57. The Hall–Kier alpha value is 0.0500. The average Bonchev–Trinajstić information content (AvgIpc) is 2.40. The van der Waals surface area contributed by atoms with Crippen molar-refractivity contribution in [3.8, 4) is 0 Å². The fourth-order valence-corrected chi connectivity index (χ4v) is 5.17. The van der Waals surface area contributed by atoms with Gasteiger partial charge in [-0.25, -0.2) is 0 Å². The molecule has 1 fully saturated rings. The molecule has 0 bridgehead atoms. The summed E-state index contributed by atoms with van der Waals surface area (Å²) in [6.07, 6.45) is 7.13. The first-order valence-corrected chi connectivity index (χ1v) is 9.21. The van der Waals surface area contributed by atoms with E-state index in [2.05, 4.69) is 58.9 Å². The Morgan fingerprint density at radius 3 is 2.67 bits per heavy atom. The summed E-state index contributed by atoms with van der Waals surface area (Å²) in [6, 6.07) is 8.91. The maximum Gasteiger partial charge on any atom is 0.0184 e. The fraction of sp³-hybridized carbons (Fsp3) is 0.625. The number of hydrogen-bond donors (Lipinski definition) is 0. The minimum absolute atomic E-state index is 0.576. The first-order valence-electron chi connectivity index (χ1n) is 6.93. The Morgan fingerprint density at radius 2 is 2.00 bits per heavy atom. The van der Waals surface area contributed by atoms with Crippen LogP contribution in [0.2, 0.25) is 0 Å². The molecule has 100 valence electrons. The lowest BCUT2D eigenvalue weighted by atomic mass is 9.77. The molecule has 0 N–H and O–H groups in total. The topological polar surface area (TPSA) is 0 Å². The van der Waals surface area contributed by atoms with Gasteiger partial charge in [0, 0.05) is 16.8 Å². The quantitative estimate of drug-likeness (QED) is 0.637. The van der Waals surface area contributed by atoms with E-state index in [1.807, 2.05) is 0 Å². The molecular weight excluding hydrogens is 304 g/mol. The molecule has 2 heteroatoms. The van der Waals surface area contributed by atoms with Crippen LogP contribution in [0.15, 0.2) is 24.3 Å². The molecule has 1 aliphatic carbocycles. The summed E-state index contributed by atoms with van der Waals surface area (Å²) in [5.41, 5.74) is 3.42. The number of alkyl halides is 1. The molecule has 18 heavy (non-hydrogen) atoms. The van der Waals surface area contributed by atoms with Crippen molar-refractivity contribution in [2.75, 3.05) is 11.1 Å². The van der Waals surface area contributed by atoms with E-state index in [4.69, 9.17) is 0 Å². The second-order valence-corrected chi connectivity index (χ2v) is 7.22. The molecular formula is C16H23BrS. The molecule has 0 saturated heterocycles. The SMILES string of the molecule is Cc1cccc(CSCC2(CBr)CCCCC2)c1. The standard InChI is InChI=1S/C16H23BrS/c1-14-6-5-7-15(10-14)11-18-13-16(12-17)8-3-2-4-9-16/h5-7,10H,2-4,8-9,11-13H2,1H3. The van der Waals surface area contributed by atoms with Gasteiger partial charge in [-0.05, 0) is 30.7 Å².